The summed E-state index contributed by atoms with van der Waals surface area (Å²) in [6.07, 6.45) is 1.04. The lowest BCUT2D eigenvalue weighted by atomic mass is 10.1. The Bertz CT molecular complexity index is 259. The quantitative estimate of drug-likeness (QED) is 0.298. The van der Waals surface area contributed by atoms with E-state index in [1.807, 2.05) is 13.0 Å². The van der Waals surface area contributed by atoms with E-state index >= 15 is 0 Å². The van der Waals surface area contributed by atoms with Crippen molar-refractivity contribution in [2.75, 3.05) is 13.2 Å². The van der Waals surface area contributed by atoms with E-state index in [1.165, 1.54) is 0 Å². The summed E-state index contributed by atoms with van der Waals surface area (Å²) >= 11 is 3.97. The molecule has 4 atom stereocenters. The smallest absolute Gasteiger partial charge is 0.116 e. The summed E-state index contributed by atoms with van der Waals surface area (Å²) in [4.78, 5) is 0. The normalized spacial score (nSPS) is 18.8. The lowest BCUT2D eigenvalue weighted by Crippen LogP contribution is -2.44. The van der Waals surface area contributed by atoms with Gasteiger partial charge < -0.3 is 25.2 Å². The maximum Gasteiger partial charge on any atom is 0.116 e. The first-order valence-electron chi connectivity index (χ1n) is 6.59. The average molecular weight is 294 g/mol. The van der Waals surface area contributed by atoms with Gasteiger partial charge in [-0.2, -0.15) is 12.6 Å². The Balaban J connectivity index is 4.18. The maximum absolute atomic E-state index is 9.76. The topological polar surface area (TPSA) is 90.2 Å². The molecule has 0 aromatic carbocycles. The van der Waals surface area contributed by atoms with E-state index in [9.17, 15) is 15.3 Å². The third-order valence-electron chi connectivity index (χ3n) is 2.86. The fourth-order valence-corrected chi connectivity index (χ4v) is 1.80. The lowest BCUT2D eigenvalue weighted by Gasteiger charge is -2.26. The van der Waals surface area contributed by atoms with Gasteiger partial charge in [-0.05, 0) is 19.4 Å². The van der Waals surface area contributed by atoms with Crippen LogP contribution in [0.15, 0.2) is 11.8 Å². The van der Waals surface area contributed by atoms with Gasteiger partial charge in [-0.25, -0.2) is 0 Å². The third kappa shape index (κ3) is 7.17. The molecule has 0 aliphatic rings. The molecule has 0 heterocycles. The van der Waals surface area contributed by atoms with Crippen LogP contribution in [0.3, 0.4) is 0 Å². The third-order valence-corrected chi connectivity index (χ3v) is 3.51. The molecule has 4 N–H and O–H groups in total. The van der Waals surface area contributed by atoms with Crippen LogP contribution >= 0.6 is 12.6 Å². The summed E-state index contributed by atoms with van der Waals surface area (Å²) in [5.74, 6) is 0.770. The van der Waals surface area contributed by atoms with E-state index in [2.05, 4.69) is 19.6 Å². The second-order valence-corrected chi connectivity index (χ2v) is 5.06. The number of aliphatic hydroxyl groups excluding tert-OH is 4. The summed E-state index contributed by atoms with van der Waals surface area (Å²) < 4.78 is 5.41. The highest BCUT2D eigenvalue weighted by Crippen LogP contribution is 2.14. The molecule has 0 aliphatic heterocycles. The first-order chi connectivity index (χ1) is 8.97. The predicted octanol–water partition coefficient (Wildman–Crippen LogP) is 0.470. The highest BCUT2D eigenvalue weighted by Gasteiger charge is 2.29. The van der Waals surface area contributed by atoms with Crippen LogP contribution in [0.25, 0.3) is 0 Å². The van der Waals surface area contributed by atoms with Crippen molar-refractivity contribution < 1.29 is 25.2 Å². The molecule has 0 aromatic heterocycles. The number of allylic oxidation sites excluding steroid dienone is 2. The molecule has 0 aromatic rings. The fraction of sp³-hybridized carbons (Fsp3) is 0.846. The Morgan fingerprint density at radius 2 is 1.89 bits per heavy atom. The standard InChI is InChI=1S/C13H26O5S/c1-3-5-6-9(4-2)18-8-11(16)12(17)13(19)10(15)7-14/h4,10-17,19H,3,5-8H2,1-2H3/b9-4-/t10?,11-,12+,13-/m1/s1. The van der Waals surface area contributed by atoms with Crippen molar-refractivity contribution in [3.63, 3.8) is 0 Å². The summed E-state index contributed by atoms with van der Waals surface area (Å²) in [6, 6.07) is 0. The Morgan fingerprint density at radius 1 is 1.26 bits per heavy atom. The fourth-order valence-electron chi connectivity index (χ4n) is 1.51. The van der Waals surface area contributed by atoms with Crippen LogP contribution in [0.4, 0.5) is 0 Å². The van der Waals surface area contributed by atoms with Gasteiger partial charge in [0.15, 0.2) is 0 Å². The van der Waals surface area contributed by atoms with Crippen LogP contribution < -0.4 is 0 Å². The van der Waals surface area contributed by atoms with Gasteiger partial charge in [0.2, 0.25) is 0 Å². The largest absolute Gasteiger partial charge is 0.495 e. The molecule has 0 fully saturated rings. The number of ether oxygens (including phenoxy) is 1. The first kappa shape index (κ1) is 18.7. The van der Waals surface area contributed by atoms with Gasteiger partial charge >= 0.3 is 0 Å². The van der Waals surface area contributed by atoms with Crippen LogP contribution in [0.1, 0.15) is 33.1 Å². The van der Waals surface area contributed by atoms with Crippen LogP contribution in [0.2, 0.25) is 0 Å². The van der Waals surface area contributed by atoms with E-state index in [1.54, 1.807) is 0 Å². The van der Waals surface area contributed by atoms with E-state index in [0.29, 0.717) is 0 Å². The van der Waals surface area contributed by atoms with E-state index in [4.69, 9.17) is 9.84 Å². The van der Waals surface area contributed by atoms with Gasteiger partial charge in [0.05, 0.1) is 29.8 Å². The first-order valence-corrected chi connectivity index (χ1v) is 7.10. The Hall–Kier alpha value is -0.270. The minimum absolute atomic E-state index is 0.0697. The second kappa shape index (κ2) is 10.5. The van der Waals surface area contributed by atoms with Gasteiger partial charge in [0.25, 0.3) is 0 Å². The number of aliphatic hydroxyl groups is 4. The number of hydrogen-bond donors (Lipinski definition) is 5. The number of thiol groups is 1. The van der Waals surface area contributed by atoms with Crippen molar-refractivity contribution >= 4 is 12.6 Å². The molecular weight excluding hydrogens is 268 g/mol. The molecule has 5 nitrogen and oxygen atoms in total. The highest BCUT2D eigenvalue weighted by molar-refractivity contribution is 7.81. The Morgan fingerprint density at radius 3 is 2.37 bits per heavy atom. The molecule has 6 heteroatoms. The Kier molecular flexibility index (Phi) is 10.4. The van der Waals surface area contributed by atoms with Crippen molar-refractivity contribution in [3.8, 4) is 0 Å². The number of hydrogen-bond acceptors (Lipinski definition) is 6. The van der Waals surface area contributed by atoms with Gasteiger partial charge in [0.1, 0.15) is 12.7 Å². The molecule has 0 amide bonds. The molecular formula is C13H26O5S. The minimum Gasteiger partial charge on any atom is -0.495 e. The molecule has 0 aliphatic carbocycles. The minimum atomic E-state index is -1.27. The van der Waals surface area contributed by atoms with Crippen LogP contribution in [-0.2, 0) is 4.74 Å². The summed E-state index contributed by atoms with van der Waals surface area (Å²) in [5, 5.41) is 36.7. The molecule has 0 radical (unpaired) electrons. The molecule has 0 rings (SSSR count). The van der Waals surface area contributed by atoms with Gasteiger partial charge in [-0.1, -0.05) is 13.3 Å². The maximum atomic E-state index is 9.76. The summed E-state index contributed by atoms with van der Waals surface area (Å²) in [5.41, 5.74) is 0. The predicted molar refractivity (Wildman–Crippen MR) is 77.1 cm³/mol. The highest BCUT2D eigenvalue weighted by atomic mass is 32.1. The molecule has 19 heavy (non-hydrogen) atoms. The van der Waals surface area contributed by atoms with E-state index in [-0.39, 0.29) is 6.61 Å². The van der Waals surface area contributed by atoms with E-state index < -0.39 is 30.2 Å². The van der Waals surface area contributed by atoms with E-state index in [0.717, 1.165) is 25.0 Å². The zero-order chi connectivity index (χ0) is 14.8. The second-order valence-electron chi connectivity index (χ2n) is 4.47. The molecule has 1 unspecified atom stereocenters. The average Bonchev–Trinajstić information content (AvgIpc) is 2.44. The Labute approximate surface area is 120 Å². The lowest BCUT2D eigenvalue weighted by molar-refractivity contribution is -0.0451. The van der Waals surface area contributed by atoms with Crippen molar-refractivity contribution in [2.45, 2.75) is 56.7 Å². The zero-order valence-electron chi connectivity index (χ0n) is 11.6. The molecule has 114 valence electrons. The molecule has 0 saturated carbocycles. The SMILES string of the molecule is C/C=C(/CCCC)OC[C@@H](O)[C@H](O)[C@H](S)C(O)CO. The summed E-state index contributed by atoms with van der Waals surface area (Å²) in [6.45, 7) is 3.34. The van der Waals surface area contributed by atoms with Crippen molar-refractivity contribution in [3.05, 3.63) is 11.8 Å². The van der Waals surface area contributed by atoms with Crippen LogP contribution in [0, 0.1) is 0 Å². The van der Waals surface area contributed by atoms with Gasteiger partial charge in [0, 0.05) is 6.42 Å². The number of rotatable bonds is 10. The zero-order valence-corrected chi connectivity index (χ0v) is 12.5. The van der Waals surface area contributed by atoms with Gasteiger partial charge in [-0.15, -0.1) is 0 Å². The number of unbranched alkanes of at least 4 members (excludes halogenated alkanes) is 1. The molecule has 0 saturated heterocycles. The summed E-state index contributed by atoms with van der Waals surface area (Å²) in [7, 11) is 0. The van der Waals surface area contributed by atoms with Gasteiger partial charge in [-0.3, -0.25) is 0 Å². The van der Waals surface area contributed by atoms with Crippen molar-refractivity contribution in [2.24, 2.45) is 0 Å². The molecule has 0 bridgehead atoms. The van der Waals surface area contributed by atoms with Crippen molar-refractivity contribution in [1.29, 1.82) is 0 Å². The van der Waals surface area contributed by atoms with Crippen LogP contribution in [0.5, 0.6) is 0 Å². The van der Waals surface area contributed by atoms with Crippen LogP contribution in [-0.4, -0.2) is 57.2 Å². The van der Waals surface area contributed by atoms with Crippen molar-refractivity contribution in [1.82, 2.24) is 0 Å². The monoisotopic (exact) mass is 294 g/mol. The molecule has 0 spiro atoms.